The predicted octanol–water partition coefficient (Wildman–Crippen LogP) is 1.12. The molecule has 0 amide bonds. The smallest absolute Gasteiger partial charge is 0.305 e. The molecule has 0 aromatic carbocycles. The third-order valence-electron chi connectivity index (χ3n) is 2.60. The van der Waals surface area contributed by atoms with Gasteiger partial charge < -0.3 is 4.74 Å². The Balaban J connectivity index is 2.22. The zero-order chi connectivity index (χ0) is 13.8. The molecule has 0 bridgehead atoms. The molecule has 0 radical (unpaired) electrons. The summed E-state index contributed by atoms with van der Waals surface area (Å²) in [6.07, 6.45) is 3.16. The van der Waals surface area contributed by atoms with Crippen molar-refractivity contribution in [2.45, 2.75) is 12.8 Å². The van der Waals surface area contributed by atoms with Crippen LogP contribution < -0.4 is 0 Å². The summed E-state index contributed by atoms with van der Waals surface area (Å²) >= 11 is 0. The molecule has 0 N–H and O–H groups in total. The van der Waals surface area contributed by atoms with Crippen molar-refractivity contribution in [1.82, 2.24) is 19.7 Å². The zero-order valence-corrected chi connectivity index (χ0v) is 10.6. The summed E-state index contributed by atoms with van der Waals surface area (Å²) in [5.41, 5.74) is 0.328. The zero-order valence-electron chi connectivity index (χ0n) is 10.6. The molecule has 0 fully saturated rings. The molecule has 0 saturated carbocycles. The van der Waals surface area contributed by atoms with Crippen molar-refractivity contribution >= 4 is 5.97 Å². The first-order chi connectivity index (χ1) is 9.11. The number of hydrogen-bond acceptors (Lipinski definition) is 5. The van der Waals surface area contributed by atoms with Crippen molar-refractivity contribution in [3.8, 4) is 11.4 Å². The van der Waals surface area contributed by atoms with Gasteiger partial charge in [0.2, 0.25) is 0 Å². The van der Waals surface area contributed by atoms with Crippen molar-refractivity contribution in [2.75, 3.05) is 7.11 Å². The van der Waals surface area contributed by atoms with Gasteiger partial charge in [0.15, 0.2) is 17.5 Å². The van der Waals surface area contributed by atoms with E-state index in [1.165, 1.54) is 24.1 Å². The molecule has 0 unspecified atom stereocenters. The molecule has 19 heavy (non-hydrogen) atoms. The fourth-order valence-electron chi connectivity index (χ4n) is 1.65. The number of carbonyl (C=O) groups is 1. The van der Waals surface area contributed by atoms with E-state index >= 15 is 0 Å². The first-order valence-corrected chi connectivity index (χ1v) is 5.68. The number of rotatable bonds is 4. The molecule has 0 aliphatic rings. The number of hydrogen-bond donors (Lipinski definition) is 0. The van der Waals surface area contributed by atoms with Crippen LogP contribution in [0, 0.1) is 5.82 Å². The van der Waals surface area contributed by atoms with Crippen molar-refractivity contribution in [3.05, 3.63) is 30.1 Å². The predicted molar refractivity (Wildman–Crippen MR) is 64.5 cm³/mol. The second-order valence-electron chi connectivity index (χ2n) is 3.91. The highest BCUT2D eigenvalue weighted by molar-refractivity contribution is 5.69. The second kappa shape index (κ2) is 5.55. The highest BCUT2D eigenvalue weighted by Gasteiger charge is 2.14. The number of esters is 1. The maximum atomic E-state index is 13.6. The molecule has 6 nitrogen and oxygen atoms in total. The molecule has 2 aromatic heterocycles. The SMILES string of the molecule is COC(=O)CCc1nc(-c2ccncc2F)n(C)n1. The third kappa shape index (κ3) is 2.93. The van der Waals surface area contributed by atoms with Crippen molar-refractivity contribution in [3.63, 3.8) is 0 Å². The lowest BCUT2D eigenvalue weighted by Crippen LogP contribution is -2.03. The van der Waals surface area contributed by atoms with Crippen LogP contribution in [-0.4, -0.2) is 32.8 Å². The van der Waals surface area contributed by atoms with Gasteiger partial charge >= 0.3 is 5.97 Å². The number of methoxy groups -OCH3 is 1. The van der Waals surface area contributed by atoms with E-state index in [9.17, 15) is 9.18 Å². The van der Waals surface area contributed by atoms with Gasteiger partial charge in [0.25, 0.3) is 0 Å². The van der Waals surface area contributed by atoms with Crippen LogP contribution in [0.3, 0.4) is 0 Å². The average Bonchev–Trinajstić information content (AvgIpc) is 2.77. The Kier molecular flexibility index (Phi) is 3.84. The van der Waals surface area contributed by atoms with Gasteiger partial charge in [-0.3, -0.25) is 9.78 Å². The number of aromatic nitrogens is 4. The Morgan fingerprint density at radius 1 is 1.53 bits per heavy atom. The average molecular weight is 264 g/mol. The lowest BCUT2D eigenvalue weighted by molar-refractivity contribution is -0.140. The van der Waals surface area contributed by atoms with Crippen molar-refractivity contribution in [2.24, 2.45) is 7.05 Å². The molecule has 2 aromatic rings. The van der Waals surface area contributed by atoms with Crippen LogP contribution in [0.1, 0.15) is 12.2 Å². The number of halogens is 1. The fourth-order valence-corrected chi connectivity index (χ4v) is 1.65. The number of carbonyl (C=O) groups excluding carboxylic acids is 1. The van der Waals surface area contributed by atoms with Gasteiger partial charge in [-0.15, -0.1) is 0 Å². The van der Waals surface area contributed by atoms with Crippen LogP contribution >= 0.6 is 0 Å². The van der Waals surface area contributed by atoms with Crippen LogP contribution in [0.25, 0.3) is 11.4 Å². The summed E-state index contributed by atoms with van der Waals surface area (Å²) in [6.45, 7) is 0. The van der Waals surface area contributed by atoms with E-state index in [1.807, 2.05) is 0 Å². The second-order valence-corrected chi connectivity index (χ2v) is 3.91. The molecular weight excluding hydrogens is 251 g/mol. The Labute approximate surface area is 109 Å². The van der Waals surface area contributed by atoms with E-state index < -0.39 is 5.82 Å². The van der Waals surface area contributed by atoms with Crippen LogP contribution in [0.4, 0.5) is 4.39 Å². The summed E-state index contributed by atoms with van der Waals surface area (Å²) in [5.74, 6) is 0.0838. The minimum atomic E-state index is -0.461. The number of nitrogens with zero attached hydrogens (tertiary/aromatic N) is 4. The molecule has 0 spiro atoms. The molecule has 2 heterocycles. The first kappa shape index (κ1) is 13.1. The minimum Gasteiger partial charge on any atom is -0.469 e. The van der Waals surface area contributed by atoms with E-state index in [4.69, 9.17) is 0 Å². The van der Waals surface area contributed by atoms with E-state index in [1.54, 1.807) is 7.05 Å². The summed E-state index contributed by atoms with van der Waals surface area (Å²) in [5, 5.41) is 4.15. The molecule has 0 atom stereocenters. The number of ether oxygens (including phenoxy) is 1. The van der Waals surface area contributed by atoms with Gasteiger partial charge in [-0.1, -0.05) is 0 Å². The van der Waals surface area contributed by atoms with Gasteiger partial charge in [0.05, 0.1) is 25.3 Å². The number of aryl methyl sites for hydroxylation is 2. The summed E-state index contributed by atoms with van der Waals surface area (Å²) < 4.78 is 19.6. The molecule has 7 heteroatoms. The molecular formula is C12H13FN4O2. The van der Waals surface area contributed by atoms with Gasteiger partial charge in [-0.2, -0.15) is 5.10 Å². The van der Waals surface area contributed by atoms with Gasteiger partial charge in [-0.05, 0) is 6.07 Å². The summed E-state index contributed by atoms with van der Waals surface area (Å²) in [6, 6.07) is 1.53. The van der Waals surface area contributed by atoms with E-state index in [0.29, 0.717) is 23.6 Å². The highest BCUT2D eigenvalue weighted by Crippen LogP contribution is 2.19. The fraction of sp³-hybridized carbons (Fsp3) is 0.333. The normalized spacial score (nSPS) is 10.5. The molecule has 2 rings (SSSR count). The standard InChI is InChI=1S/C12H13FN4O2/c1-17-12(8-5-6-14-7-9(8)13)15-10(16-17)3-4-11(18)19-2/h5-7H,3-4H2,1-2H3. The van der Waals surface area contributed by atoms with Crippen LogP contribution in [0.15, 0.2) is 18.5 Å². The van der Waals surface area contributed by atoms with Crippen molar-refractivity contribution in [1.29, 1.82) is 0 Å². The first-order valence-electron chi connectivity index (χ1n) is 5.68. The number of pyridine rings is 1. The van der Waals surface area contributed by atoms with Gasteiger partial charge in [0, 0.05) is 19.7 Å². The van der Waals surface area contributed by atoms with E-state index in [2.05, 4.69) is 19.8 Å². The van der Waals surface area contributed by atoms with Gasteiger partial charge in [-0.25, -0.2) is 14.1 Å². The summed E-state index contributed by atoms with van der Waals surface area (Å²) in [7, 11) is 3.00. The topological polar surface area (TPSA) is 69.9 Å². The minimum absolute atomic E-state index is 0.193. The lowest BCUT2D eigenvalue weighted by atomic mass is 10.2. The van der Waals surface area contributed by atoms with Gasteiger partial charge in [0.1, 0.15) is 0 Å². The summed E-state index contributed by atoms with van der Waals surface area (Å²) in [4.78, 5) is 19.0. The van der Waals surface area contributed by atoms with Crippen LogP contribution in [0.2, 0.25) is 0 Å². The van der Waals surface area contributed by atoms with Crippen molar-refractivity contribution < 1.29 is 13.9 Å². The Bertz CT molecular complexity index is 597. The molecule has 100 valence electrons. The quantitative estimate of drug-likeness (QED) is 0.774. The maximum Gasteiger partial charge on any atom is 0.305 e. The Morgan fingerprint density at radius 2 is 2.32 bits per heavy atom. The van der Waals surface area contributed by atoms with E-state index in [0.717, 1.165) is 6.20 Å². The Morgan fingerprint density at radius 3 is 3.00 bits per heavy atom. The maximum absolute atomic E-state index is 13.6. The largest absolute Gasteiger partial charge is 0.469 e. The van der Waals surface area contributed by atoms with Crippen LogP contribution in [-0.2, 0) is 23.0 Å². The lowest BCUT2D eigenvalue weighted by Gasteiger charge is -1.99. The van der Waals surface area contributed by atoms with Crippen LogP contribution in [0.5, 0.6) is 0 Å². The highest BCUT2D eigenvalue weighted by atomic mass is 19.1. The Hall–Kier alpha value is -2.31. The molecule has 0 aliphatic heterocycles. The van der Waals surface area contributed by atoms with E-state index in [-0.39, 0.29) is 12.4 Å². The molecule has 0 saturated heterocycles. The molecule has 0 aliphatic carbocycles. The third-order valence-corrected chi connectivity index (χ3v) is 2.60. The monoisotopic (exact) mass is 264 g/mol.